The van der Waals surface area contributed by atoms with Crippen LogP contribution in [-0.2, 0) is 4.79 Å². The first-order chi connectivity index (χ1) is 17.2. The van der Waals surface area contributed by atoms with Gasteiger partial charge in [0.15, 0.2) is 5.69 Å². The number of aliphatic carboxylic acids is 1. The minimum atomic E-state index is -1.27. The van der Waals surface area contributed by atoms with Crippen LogP contribution in [0.5, 0.6) is 5.88 Å². The van der Waals surface area contributed by atoms with Gasteiger partial charge in [-0.1, -0.05) is 56.1 Å². The number of carbonyl (C=O) groups excluding carboxylic acids is 1. The van der Waals surface area contributed by atoms with Crippen LogP contribution in [0.15, 0.2) is 48.5 Å². The van der Waals surface area contributed by atoms with Crippen LogP contribution in [0.1, 0.15) is 56.2 Å². The summed E-state index contributed by atoms with van der Waals surface area (Å²) in [6.45, 7) is 6.96. The van der Waals surface area contributed by atoms with Crippen molar-refractivity contribution < 1.29 is 28.9 Å². The Hall–Kier alpha value is -3.14. The fourth-order valence-corrected chi connectivity index (χ4v) is 3.66. The summed E-state index contributed by atoms with van der Waals surface area (Å²) in [5, 5.41) is 27.6. The van der Waals surface area contributed by atoms with E-state index < -0.39 is 41.2 Å². The molecule has 8 nitrogen and oxygen atoms in total. The van der Waals surface area contributed by atoms with Crippen LogP contribution in [0.25, 0.3) is 5.69 Å². The van der Waals surface area contributed by atoms with Crippen LogP contribution in [0.4, 0.5) is 4.39 Å². The van der Waals surface area contributed by atoms with Crippen LogP contribution in [-0.4, -0.2) is 44.1 Å². The molecule has 0 fully saturated rings. The third-order valence-electron chi connectivity index (χ3n) is 6.12. The molecule has 0 spiro atoms. The lowest BCUT2D eigenvalue weighted by molar-refractivity contribution is -0.137. The third-order valence-corrected chi connectivity index (χ3v) is 6.70. The number of nitrogens with zero attached hydrogens (tertiary/aromatic N) is 2. The molecule has 1 amide bonds. The van der Waals surface area contributed by atoms with Crippen molar-refractivity contribution in [3.8, 4) is 11.6 Å². The average Bonchev–Trinajstić information content (AvgIpc) is 3.22. The number of aromatic nitrogens is 2. The largest absolute Gasteiger partial charge is 0.481 e. The Morgan fingerprint density at radius 1 is 1.14 bits per heavy atom. The lowest BCUT2D eigenvalue weighted by atomic mass is 9.78. The van der Waals surface area contributed by atoms with E-state index in [1.54, 1.807) is 19.1 Å². The Bertz CT molecular complexity index is 1300. The highest BCUT2D eigenvalue weighted by atomic mass is 35.5. The predicted octanol–water partition coefficient (Wildman–Crippen LogP) is 5.44. The van der Waals surface area contributed by atoms with Gasteiger partial charge in [0.25, 0.3) is 5.91 Å². The smallest absolute Gasteiger partial charge is 0.305 e. The molecule has 0 bridgehead atoms. The number of hydrogen-bond donors (Lipinski definition) is 3. The maximum Gasteiger partial charge on any atom is 0.305 e. The molecule has 2 atom stereocenters. The summed E-state index contributed by atoms with van der Waals surface area (Å²) in [5.41, 5.74) is -1.64. The summed E-state index contributed by atoms with van der Waals surface area (Å²) >= 11 is 12.3. The van der Waals surface area contributed by atoms with Gasteiger partial charge in [-0.2, -0.15) is 9.78 Å². The highest BCUT2D eigenvalue weighted by Gasteiger charge is 2.36. The van der Waals surface area contributed by atoms with Gasteiger partial charge in [-0.25, -0.2) is 4.39 Å². The zero-order chi connectivity index (χ0) is 27.5. The van der Waals surface area contributed by atoms with Gasteiger partial charge in [0.1, 0.15) is 23.7 Å². The lowest BCUT2D eigenvalue weighted by Crippen LogP contribution is -2.45. The number of carboxylic acids is 1. The summed E-state index contributed by atoms with van der Waals surface area (Å²) in [4.78, 5) is 24.7. The molecule has 0 radical (unpaired) electrons. The molecule has 1 aromatic heterocycles. The highest BCUT2D eigenvalue weighted by molar-refractivity contribution is 6.33. The van der Waals surface area contributed by atoms with E-state index >= 15 is 0 Å². The lowest BCUT2D eigenvalue weighted by Gasteiger charge is -2.36. The number of halogens is 3. The van der Waals surface area contributed by atoms with E-state index in [1.165, 1.54) is 36.4 Å². The van der Waals surface area contributed by atoms with E-state index in [0.717, 1.165) is 4.68 Å². The minimum absolute atomic E-state index is 0.00958. The second kappa shape index (κ2) is 11.1. The van der Waals surface area contributed by atoms with Crippen molar-refractivity contribution in [3.63, 3.8) is 0 Å². The number of carboxylic acid groups (broad SMARTS) is 1. The minimum Gasteiger partial charge on any atom is -0.481 e. The Morgan fingerprint density at radius 3 is 2.43 bits per heavy atom. The molecule has 1 heterocycles. The molecular formula is C26H28Cl2FN3O5. The molecule has 3 N–H and O–H groups in total. The van der Waals surface area contributed by atoms with Crippen molar-refractivity contribution in [2.75, 3.05) is 6.61 Å². The molecule has 37 heavy (non-hydrogen) atoms. The number of hydrogen-bond acceptors (Lipinski definition) is 5. The topological polar surface area (TPSA) is 114 Å². The van der Waals surface area contributed by atoms with Crippen LogP contribution in [0.2, 0.25) is 10.0 Å². The molecule has 0 aliphatic heterocycles. The van der Waals surface area contributed by atoms with E-state index in [4.69, 9.17) is 27.9 Å². The van der Waals surface area contributed by atoms with Crippen molar-refractivity contribution in [1.29, 1.82) is 0 Å². The molecule has 0 aliphatic rings. The molecule has 3 aromatic rings. The first-order valence-electron chi connectivity index (χ1n) is 11.4. The maximum absolute atomic E-state index is 14.6. The van der Waals surface area contributed by atoms with Crippen molar-refractivity contribution in [1.82, 2.24) is 15.1 Å². The highest BCUT2D eigenvalue weighted by Crippen LogP contribution is 2.32. The van der Waals surface area contributed by atoms with E-state index in [-0.39, 0.29) is 28.9 Å². The summed E-state index contributed by atoms with van der Waals surface area (Å²) in [6, 6.07) is 10.6. The molecule has 0 saturated carbocycles. The molecule has 0 unspecified atom stereocenters. The van der Waals surface area contributed by atoms with Gasteiger partial charge in [-0.3, -0.25) is 9.59 Å². The second-order valence-corrected chi connectivity index (χ2v) is 10.7. The Kier molecular flexibility index (Phi) is 8.52. The monoisotopic (exact) mass is 551 g/mol. The Labute approximate surface area is 224 Å². The van der Waals surface area contributed by atoms with Crippen molar-refractivity contribution in [2.45, 2.75) is 45.8 Å². The molecule has 2 aromatic carbocycles. The molecule has 0 aliphatic carbocycles. The van der Waals surface area contributed by atoms with Crippen LogP contribution < -0.4 is 10.1 Å². The van der Waals surface area contributed by atoms with Crippen molar-refractivity contribution >= 4 is 35.1 Å². The fourth-order valence-electron chi connectivity index (χ4n) is 3.23. The first kappa shape index (κ1) is 28.4. The van der Waals surface area contributed by atoms with E-state index in [9.17, 15) is 24.2 Å². The summed E-state index contributed by atoms with van der Waals surface area (Å²) in [5.74, 6) is -2.52. The predicted molar refractivity (Wildman–Crippen MR) is 138 cm³/mol. The van der Waals surface area contributed by atoms with E-state index in [2.05, 4.69) is 10.4 Å². The molecule has 3 rings (SSSR count). The molecule has 0 saturated heterocycles. The normalized spacial score (nSPS) is 14.1. The zero-order valence-corrected chi connectivity index (χ0v) is 22.3. The van der Waals surface area contributed by atoms with Crippen LogP contribution in [0, 0.1) is 11.2 Å². The zero-order valence-electron chi connectivity index (χ0n) is 20.8. The molecule has 11 heteroatoms. The molecule has 198 valence electrons. The van der Waals surface area contributed by atoms with Gasteiger partial charge in [0.2, 0.25) is 5.88 Å². The number of amides is 1. The number of nitrogens with one attached hydrogen (secondary N) is 1. The number of benzene rings is 2. The maximum atomic E-state index is 14.6. The van der Waals surface area contributed by atoms with Gasteiger partial charge in [-0.15, -0.1) is 0 Å². The number of ether oxygens (including phenoxy) is 1. The Morgan fingerprint density at radius 2 is 1.81 bits per heavy atom. The number of carbonyl (C=O) groups is 2. The first-order valence-corrected chi connectivity index (χ1v) is 12.1. The van der Waals surface area contributed by atoms with Gasteiger partial charge < -0.3 is 20.3 Å². The van der Waals surface area contributed by atoms with Gasteiger partial charge >= 0.3 is 5.97 Å². The summed E-state index contributed by atoms with van der Waals surface area (Å²) < 4.78 is 21.6. The van der Waals surface area contributed by atoms with Crippen LogP contribution >= 0.6 is 23.2 Å². The number of aliphatic hydroxyl groups is 1. The van der Waals surface area contributed by atoms with Crippen molar-refractivity contribution in [3.05, 3.63) is 75.7 Å². The number of para-hydroxylation sites is 1. The Balaban J connectivity index is 1.98. The van der Waals surface area contributed by atoms with E-state index in [1.807, 2.05) is 20.8 Å². The summed E-state index contributed by atoms with van der Waals surface area (Å²) in [6.07, 6.45) is -0.475. The SMILES string of the molecule is CC(C)(C)[C@](C)(O)COc1cc(C(=O)N[C@@H](CC(=O)O)c2cc(Cl)ccc2Cl)nn1-c1ccccc1F. The quantitative estimate of drug-likeness (QED) is 0.326. The van der Waals surface area contributed by atoms with E-state index in [0.29, 0.717) is 10.6 Å². The van der Waals surface area contributed by atoms with Crippen LogP contribution in [0.3, 0.4) is 0 Å². The second-order valence-electron chi connectivity index (χ2n) is 9.83. The molecular weight excluding hydrogens is 524 g/mol. The number of rotatable bonds is 9. The van der Waals surface area contributed by atoms with Gasteiger partial charge in [0.05, 0.1) is 12.5 Å². The van der Waals surface area contributed by atoms with Crippen molar-refractivity contribution in [2.24, 2.45) is 5.41 Å². The van der Waals surface area contributed by atoms with Gasteiger partial charge in [0, 0.05) is 16.1 Å². The standard InChI is InChI=1S/C26H28Cl2FN3O5/c1-25(2,3)26(4,36)14-37-22-12-20(31-32(22)21-8-6-5-7-18(21)29)24(35)30-19(13-23(33)34)16-11-15(27)9-10-17(16)28/h5-12,19,36H,13-14H2,1-4H3,(H,30,35)(H,33,34)/t19-,26+/m0/s1. The average molecular weight is 552 g/mol. The summed E-state index contributed by atoms with van der Waals surface area (Å²) in [7, 11) is 0. The fraction of sp³-hybridized carbons (Fsp3) is 0.346. The van der Waals surface area contributed by atoms with Gasteiger partial charge in [-0.05, 0) is 48.2 Å². The third kappa shape index (κ3) is 6.80.